The van der Waals surface area contributed by atoms with E-state index in [2.05, 4.69) is 0 Å². The van der Waals surface area contributed by atoms with Crippen LogP contribution in [0.4, 0.5) is 0 Å². The molecule has 112 valence electrons. The third kappa shape index (κ3) is 3.93. The highest BCUT2D eigenvalue weighted by Gasteiger charge is 2.42. The molecular weight excluding hydrogens is 244 g/mol. The van der Waals surface area contributed by atoms with E-state index in [9.17, 15) is 9.59 Å². The van der Waals surface area contributed by atoms with Gasteiger partial charge in [0.05, 0.1) is 12.1 Å². The quantitative estimate of drug-likeness (QED) is 0.688. The van der Waals surface area contributed by atoms with E-state index in [1.165, 1.54) is 4.90 Å². The Bertz CT molecular complexity index is 336. The first kappa shape index (κ1) is 17.9. The Morgan fingerprint density at radius 2 is 1.47 bits per heavy atom. The van der Waals surface area contributed by atoms with Gasteiger partial charge in [-0.05, 0) is 48.2 Å². The van der Waals surface area contributed by atoms with Crippen LogP contribution in [0.25, 0.3) is 0 Å². The lowest BCUT2D eigenvalue weighted by Gasteiger charge is -2.40. The molecule has 1 amide bonds. The SMILES string of the molecule is CCCOC(=O)C(C)(C)N(C)C(=O)C(C)(C)N(C)C. The van der Waals surface area contributed by atoms with Crippen LogP contribution < -0.4 is 0 Å². The van der Waals surface area contributed by atoms with Crippen LogP contribution in [0.2, 0.25) is 0 Å². The first-order valence-corrected chi connectivity index (χ1v) is 6.62. The van der Waals surface area contributed by atoms with Crippen LogP contribution in [0.1, 0.15) is 41.0 Å². The fraction of sp³-hybridized carbons (Fsp3) is 0.857. The molecule has 5 nitrogen and oxygen atoms in total. The Hall–Kier alpha value is -1.10. The summed E-state index contributed by atoms with van der Waals surface area (Å²) < 4.78 is 5.15. The summed E-state index contributed by atoms with van der Waals surface area (Å²) in [6, 6.07) is 0. The number of carbonyl (C=O) groups excluding carboxylic acids is 2. The molecule has 0 spiro atoms. The normalized spacial score (nSPS) is 12.5. The molecule has 0 aliphatic heterocycles. The van der Waals surface area contributed by atoms with Gasteiger partial charge in [-0.1, -0.05) is 6.92 Å². The lowest BCUT2D eigenvalue weighted by atomic mass is 9.96. The Balaban J connectivity index is 5.03. The van der Waals surface area contributed by atoms with Gasteiger partial charge in [-0.3, -0.25) is 9.69 Å². The minimum Gasteiger partial charge on any atom is -0.464 e. The number of ether oxygens (including phenoxy) is 1. The molecule has 0 radical (unpaired) electrons. The molecule has 0 aliphatic carbocycles. The zero-order valence-corrected chi connectivity index (χ0v) is 13.5. The molecule has 0 N–H and O–H groups in total. The van der Waals surface area contributed by atoms with E-state index in [4.69, 9.17) is 4.74 Å². The van der Waals surface area contributed by atoms with Gasteiger partial charge in [0.15, 0.2) is 0 Å². The van der Waals surface area contributed by atoms with Gasteiger partial charge in [-0.15, -0.1) is 0 Å². The van der Waals surface area contributed by atoms with Crippen molar-refractivity contribution < 1.29 is 14.3 Å². The average molecular weight is 272 g/mol. The highest BCUT2D eigenvalue weighted by molar-refractivity contribution is 5.91. The Labute approximate surface area is 116 Å². The van der Waals surface area contributed by atoms with Crippen molar-refractivity contribution in [2.45, 2.75) is 52.1 Å². The predicted molar refractivity (Wildman–Crippen MR) is 75.9 cm³/mol. The number of rotatable bonds is 6. The molecule has 0 rings (SSSR count). The Morgan fingerprint density at radius 1 is 1.00 bits per heavy atom. The van der Waals surface area contributed by atoms with Gasteiger partial charge >= 0.3 is 5.97 Å². The van der Waals surface area contributed by atoms with Crippen molar-refractivity contribution in [3.63, 3.8) is 0 Å². The molecule has 0 aromatic rings. The summed E-state index contributed by atoms with van der Waals surface area (Å²) >= 11 is 0. The van der Waals surface area contributed by atoms with Crippen molar-refractivity contribution in [3.05, 3.63) is 0 Å². The maximum Gasteiger partial charge on any atom is 0.331 e. The van der Waals surface area contributed by atoms with Gasteiger partial charge in [0.1, 0.15) is 5.54 Å². The van der Waals surface area contributed by atoms with Crippen molar-refractivity contribution in [2.24, 2.45) is 0 Å². The lowest BCUT2D eigenvalue weighted by molar-refractivity contribution is -0.164. The number of esters is 1. The first-order valence-electron chi connectivity index (χ1n) is 6.62. The zero-order valence-electron chi connectivity index (χ0n) is 13.5. The zero-order chi connectivity index (χ0) is 15.4. The molecular formula is C14H28N2O3. The molecule has 0 saturated carbocycles. The van der Waals surface area contributed by atoms with Crippen molar-refractivity contribution in [1.29, 1.82) is 0 Å². The van der Waals surface area contributed by atoms with E-state index in [-0.39, 0.29) is 11.9 Å². The molecule has 5 heteroatoms. The second-order valence-corrected chi connectivity index (χ2v) is 6.01. The van der Waals surface area contributed by atoms with Gasteiger partial charge in [0.2, 0.25) is 5.91 Å². The second kappa shape index (κ2) is 6.37. The molecule has 0 aromatic heterocycles. The monoisotopic (exact) mass is 272 g/mol. The number of likely N-dealkylation sites (N-methyl/N-ethyl adjacent to an activating group) is 2. The maximum atomic E-state index is 12.5. The number of nitrogens with zero attached hydrogens (tertiary/aromatic N) is 2. The van der Waals surface area contributed by atoms with E-state index in [0.29, 0.717) is 6.61 Å². The van der Waals surface area contributed by atoms with Crippen LogP contribution >= 0.6 is 0 Å². The Morgan fingerprint density at radius 3 is 1.84 bits per heavy atom. The van der Waals surface area contributed by atoms with E-state index < -0.39 is 11.1 Å². The van der Waals surface area contributed by atoms with Gasteiger partial charge in [-0.2, -0.15) is 0 Å². The van der Waals surface area contributed by atoms with Gasteiger partial charge in [0, 0.05) is 7.05 Å². The third-order valence-electron chi connectivity index (χ3n) is 3.72. The second-order valence-electron chi connectivity index (χ2n) is 6.01. The van der Waals surface area contributed by atoms with E-state index >= 15 is 0 Å². The van der Waals surface area contributed by atoms with E-state index in [1.807, 2.05) is 39.8 Å². The maximum absolute atomic E-state index is 12.5. The molecule has 0 aromatic carbocycles. The topological polar surface area (TPSA) is 49.9 Å². The number of amides is 1. The van der Waals surface area contributed by atoms with Crippen LogP contribution in [0.5, 0.6) is 0 Å². The minimum absolute atomic E-state index is 0.115. The Kier molecular flexibility index (Phi) is 6.00. The lowest BCUT2D eigenvalue weighted by Crippen LogP contribution is -2.60. The number of carbonyl (C=O) groups is 2. The highest BCUT2D eigenvalue weighted by atomic mass is 16.5. The van der Waals surface area contributed by atoms with Crippen molar-refractivity contribution in [2.75, 3.05) is 27.7 Å². The fourth-order valence-corrected chi connectivity index (χ4v) is 1.36. The van der Waals surface area contributed by atoms with Gasteiger partial charge < -0.3 is 9.64 Å². The summed E-state index contributed by atoms with van der Waals surface area (Å²) in [4.78, 5) is 27.8. The van der Waals surface area contributed by atoms with Crippen molar-refractivity contribution in [3.8, 4) is 0 Å². The summed E-state index contributed by atoms with van der Waals surface area (Å²) in [7, 11) is 5.32. The van der Waals surface area contributed by atoms with Crippen molar-refractivity contribution >= 4 is 11.9 Å². The summed E-state index contributed by atoms with van der Waals surface area (Å²) in [6.07, 6.45) is 0.767. The largest absolute Gasteiger partial charge is 0.464 e. The van der Waals surface area contributed by atoms with Crippen LogP contribution in [0.15, 0.2) is 0 Å². The van der Waals surface area contributed by atoms with Crippen LogP contribution in [-0.2, 0) is 14.3 Å². The molecule has 0 heterocycles. The summed E-state index contributed by atoms with van der Waals surface area (Å²) in [5.41, 5.74) is -1.64. The molecule has 0 atom stereocenters. The first-order chi connectivity index (χ1) is 8.49. The van der Waals surface area contributed by atoms with E-state index in [1.54, 1.807) is 20.9 Å². The molecule has 0 bridgehead atoms. The number of hydrogen-bond acceptors (Lipinski definition) is 4. The molecule has 0 unspecified atom stereocenters. The van der Waals surface area contributed by atoms with E-state index in [0.717, 1.165) is 6.42 Å². The van der Waals surface area contributed by atoms with Gasteiger partial charge in [0.25, 0.3) is 0 Å². The van der Waals surface area contributed by atoms with Crippen LogP contribution in [0, 0.1) is 0 Å². The predicted octanol–water partition coefficient (Wildman–Crippen LogP) is 1.52. The summed E-state index contributed by atoms with van der Waals surface area (Å²) in [6.45, 7) is 9.38. The smallest absolute Gasteiger partial charge is 0.331 e. The standard InChI is InChI=1S/C14H28N2O3/c1-9-10-19-12(18)14(4,5)16(8)11(17)13(2,3)15(6)7/h9-10H2,1-8H3. The summed E-state index contributed by atoms with van der Waals surface area (Å²) in [5, 5.41) is 0. The number of hydrogen-bond donors (Lipinski definition) is 0. The fourth-order valence-electron chi connectivity index (χ4n) is 1.36. The summed E-state index contributed by atoms with van der Waals surface area (Å²) in [5.74, 6) is -0.490. The van der Waals surface area contributed by atoms with Crippen LogP contribution in [-0.4, -0.2) is 60.5 Å². The minimum atomic E-state index is -0.973. The molecule has 0 saturated heterocycles. The average Bonchev–Trinajstić information content (AvgIpc) is 2.33. The highest BCUT2D eigenvalue weighted by Crippen LogP contribution is 2.21. The molecule has 0 aliphatic rings. The van der Waals surface area contributed by atoms with Crippen molar-refractivity contribution in [1.82, 2.24) is 9.80 Å². The van der Waals surface area contributed by atoms with Gasteiger partial charge in [-0.25, -0.2) is 4.79 Å². The molecule has 19 heavy (non-hydrogen) atoms. The van der Waals surface area contributed by atoms with Crippen LogP contribution in [0.3, 0.4) is 0 Å². The third-order valence-corrected chi connectivity index (χ3v) is 3.72. The molecule has 0 fully saturated rings.